The number of rotatable bonds is 4. The predicted molar refractivity (Wildman–Crippen MR) is 79.4 cm³/mol. The average Bonchev–Trinajstić information content (AvgIpc) is 2.46. The zero-order valence-electron chi connectivity index (χ0n) is 12.7. The largest absolute Gasteiger partial charge is 0.378 e. The molecule has 0 radical (unpaired) electrons. The lowest BCUT2D eigenvalue weighted by Gasteiger charge is -2.38. The van der Waals surface area contributed by atoms with Crippen molar-refractivity contribution in [1.82, 2.24) is 14.5 Å². The Balaban J connectivity index is 1.82. The number of hydrogen-bond donors (Lipinski definition) is 1. The minimum Gasteiger partial charge on any atom is -0.378 e. The number of nitrogens with zero attached hydrogens (tertiary/aromatic N) is 2. The molecule has 2 saturated heterocycles. The third kappa shape index (κ3) is 4.91. The second-order valence-corrected chi connectivity index (χ2v) is 7.59. The molecule has 1 amide bonds. The summed E-state index contributed by atoms with van der Waals surface area (Å²) in [6, 6.07) is -0.163. The van der Waals surface area contributed by atoms with E-state index >= 15 is 0 Å². The van der Waals surface area contributed by atoms with Crippen molar-refractivity contribution in [3.63, 3.8) is 0 Å². The average molecular weight is 319 g/mol. The molecule has 2 aliphatic rings. The van der Waals surface area contributed by atoms with E-state index in [4.69, 9.17) is 4.74 Å². The van der Waals surface area contributed by atoms with Crippen LogP contribution in [0.15, 0.2) is 0 Å². The Bertz CT molecular complexity index is 454. The second-order valence-electron chi connectivity index (χ2n) is 5.81. The maximum atomic E-state index is 12.4. The lowest BCUT2D eigenvalue weighted by Crippen LogP contribution is -2.54. The van der Waals surface area contributed by atoms with Crippen LogP contribution in [-0.4, -0.2) is 81.9 Å². The first-order chi connectivity index (χ1) is 9.87. The molecule has 0 bridgehead atoms. The number of morpholine rings is 1. The van der Waals surface area contributed by atoms with E-state index in [0.717, 1.165) is 25.9 Å². The van der Waals surface area contributed by atoms with E-state index in [-0.39, 0.29) is 18.0 Å². The summed E-state index contributed by atoms with van der Waals surface area (Å²) in [6.07, 6.45) is 2.67. The summed E-state index contributed by atoms with van der Waals surface area (Å²) in [4.78, 5) is 16.4. The Morgan fingerprint density at radius 3 is 2.29 bits per heavy atom. The van der Waals surface area contributed by atoms with E-state index in [9.17, 15) is 13.2 Å². The molecule has 2 rings (SSSR count). The number of carbonyl (C=O) groups is 1. The second kappa shape index (κ2) is 7.04. The monoisotopic (exact) mass is 319 g/mol. The Labute approximate surface area is 126 Å². The lowest BCUT2D eigenvalue weighted by atomic mass is 10.0. The van der Waals surface area contributed by atoms with Crippen LogP contribution in [0.25, 0.3) is 0 Å². The summed E-state index contributed by atoms with van der Waals surface area (Å²) in [6.45, 7) is 5.96. The molecule has 2 heterocycles. The zero-order valence-corrected chi connectivity index (χ0v) is 13.6. The van der Waals surface area contributed by atoms with Crippen molar-refractivity contribution < 1.29 is 17.9 Å². The van der Waals surface area contributed by atoms with Crippen molar-refractivity contribution in [2.24, 2.45) is 0 Å². The summed E-state index contributed by atoms with van der Waals surface area (Å²) in [5, 5.41) is 0. The molecule has 8 heteroatoms. The number of sulfonamides is 1. The van der Waals surface area contributed by atoms with Gasteiger partial charge in [0.2, 0.25) is 15.9 Å². The van der Waals surface area contributed by atoms with E-state index in [1.54, 1.807) is 0 Å². The molecular weight excluding hydrogens is 294 g/mol. The van der Waals surface area contributed by atoms with Gasteiger partial charge < -0.3 is 9.64 Å². The first kappa shape index (κ1) is 16.7. The van der Waals surface area contributed by atoms with E-state index in [1.807, 2.05) is 11.8 Å². The molecule has 2 fully saturated rings. The number of ether oxygens (including phenoxy) is 1. The summed E-state index contributed by atoms with van der Waals surface area (Å²) in [5.74, 6) is 0.146. The van der Waals surface area contributed by atoms with Gasteiger partial charge in [0, 0.05) is 32.2 Å². The van der Waals surface area contributed by atoms with Crippen LogP contribution in [0.5, 0.6) is 0 Å². The normalized spacial score (nSPS) is 24.0. The van der Waals surface area contributed by atoms with Crippen LogP contribution in [-0.2, 0) is 19.6 Å². The summed E-state index contributed by atoms with van der Waals surface area (Å²) in [7, 11) is -3.15. The van der Waals surface area contributed by atoms with Gasteiger partial charge in [-0.1, -0.05) is 0 Å². The Morgan fingerprint density at radius 2 is 1.76 bits per heavy atom. The smallest absolute Gasteiger partial charge is 0.239 e. The molecule has 7 nitrogen and oxygen atoms in total. The number of carbonyl (C=O) groups excluding carboxylic acids is 1. The van der Waals surface area contributed by atoms with Crippen LogP contribution in [0.1, 0.15) is 19.8 Å². The van der Waals surface area contributed by atoms with Crippen molar-refractivity contribution in [1.29, 1.82) is 0 Å². The maximum absolute atomic E-state index is 12.4. The minimum absolute atomic E-state index is 0.0121. The van der Waals surface area contributed by atoms with Gasteiger partial charge in [0.05, 0.1) is 25.5 Å². The molecule has 0 spiro atoms. The quantitative estimate of drug-likeness (QED) is 0.737. The van der Waals surface area contributed by atoms with Crippen molar-refractivity contribution in [3.05, 3.63) is 0 Å². The number of likely N-dealkylation sites (tertiary alicyclic amines) is 1. The fraction of sp³-hybridized carbons (Fsp3) is 0.923. The molecule has 0 unspecified atom stereocenters. The third-order valence-electron chi connectivity index (χ3n) is 4.14. The number of hydrogen-bond acceptors (Lipinski definition) is 5. The van der Waals surface area contributed by atoms with Crippen LogP contribution >= 0.6 is 0 Å². The van der Waals surface area contributed by atoms with Crippen molar-refractivity contribution in [2.45, 2.75) is 31.8 Å². The molecule has 0 aliphatic carbocycles. The fourth-order valence-electron chi connectivity index (χ4n) is 2.91. The first-order valence-corrected chi connectivity index (χ1v) is 9.34. The molecular formula is C13H25N3O4S. The molecule has 21 heavy (non-hydrogen) atoms. The molecule has 0 aromatic rings. The van der Waals surface area contributed by atoms with Gasteiger partial charge in [-0.3, -0.25) is 9.69 Å². The summed E-state index contributed by atoms with van der Waals surface area (Å²) >= 11 is 0. The Kier molecular flexibility index (Phi) is 5.59. The standard InChI is InChI=1S/C13H25N3O4S/c1-11(13(17)16-7-9-20-10-8-16)15-5-3-12(4-6-15)14-21(2,18)19/h11-12,14H,3-10H2,1-2H3/t11-/m0/s1. The van der Waals surface area contributed by atoms with Gasteiger partial charge in [-0.05, 0) is 19.8 Å². The van der Waals surface area contributed by atoms with Gasteiger partial charge in [0.15, 0.2) is 0 Å². The molecule has 1 atom stereocenters. The molecule has 0 aromatic carbocycles. The van der Waals surface area contributed by atoms with Crippen LogP contribution in [0, 0.1) is 0 Å². The molecule has 1 N–H and O–H groups in total. The molecule has 0 aromatic heterocycles. The molecule has 2 aliphatic heterocycles. The van der Waals surface area contributed by atoms with Gasteiger partial charge in [0.1, 0.15) is 0 Å². The number of amides is 1. The Morgan fingerprint density at radius 1 is 1.19 bits per heavy atom. The molecule has 0 saturated carbocycles. The van der Waals surface area contributed by atoms with E-state index in [0.29, 0.717) is 26.3 Å². The fourth-order valence-corrected chi connectivity index (χ4v) is 3.75. The first-order valence-electron chi connectivity index (χ1n) is 7.45. The minimum atomic E-state index is -3.15. The van der Waals surface area contributed by atoms with E-state index < -0.39 is 10.0 Å². The van der Waals surface area contributed by atoms with Gasteiger partial charge in [0.25, 0.3) is 0 Å². The highest BCUT2D eigenvalue weighted by Crippen LogP contribution is 2.15. The van der Waals surface area contributed by atoms with Gasteiger partial charge in [-0.15, -0.1) is 0 Å². The van der Waals surface area contributed by atoms with Crippen LogP contribution in [0.4, 0.5) is 0 Å². The number of nitrogens with one attached hydrogen (secondary N) is 1. The van der Waals surface area contributed by atoms with Crippen LogP contribution in [0.3, 0.4) is 0 Å². The number of piperidine rings is 1. The van der Waals surface area contributed by atoms with Gasteiger partial charge >= 0.3 is 0 Å². The van der Waals surface area contributed by atoms with Gasteiger partial charge in [-0.2, -0.15) is 0 Å². The lowest BCUT2D eigenvalue weighted by molar-refractivity contribution is -0.141. The van der Waals surface area contributed by atoms with E-state index in [1.165, 1.54) is 6.26 Å². The predicted octanol–water partition coefficient (Wildman–Crippen LogP) is -0.753. The highest BCUT2D eigenvalue weighted by Gasteiger charge is 2.30. The Hall–Kier alpha value is -0.700. The highest BCUT2D eigenvalue weighted by molar-refractivity contribution is 7.88. The van der Waals surface area contributed by atoms with Gasteiger partial charge in [-0.25, -0.2) is 13.1 Å². The highest BCUT2D eigenvalue weighted by atomic mass is 32.2. The van der Waals surface area contributed by atoms with Crippen molar-refractivity contribution >= 4 is 15.9 Å². The molecule has 122 valence electrons. The summed E-state index contributed by atoms with van der Waals surface area (Å²) < 4.78 is 30.4. The van der Waals surface area contributed by atoms with Crippen molar-refractivity contribution in [2.75, 3.05) is 45.6 Å². The van der Waals surface area contributed by atoms with E-state index in [2.05, 4.69) is 9.62 Å². The SMILES string of the molecule is C[C@@H](C(=O)N1CCOCC1)N1CCC(NS(C)(=O)=O)CC1. The third-order valence-corrected chi connectivity index (χ3v) is 4.90. The van der Waals surface area contributed by atoms with Crippen LogP contribution < -0.4 is 4.72 Å². The zero-order chi connectivity index (χ0) is 15.5. The summed E-state index contributed by atoms with van der Waals surface area (Å²) in [5.41, 5.74) is 0. The topological polar surface area (TPSA) is 79.0 Å². The van der Waals surface area contributed by atoms with Crippen molar-refractivity contribution in [3.8, 4) is 0 Å². The van der Waals surface area contributed by atoms with Crippen LogP contribution in [0.2, 0.25) is 0 Å². The maximum Gasteiger partial charge on any atom is 0.239 e.